The van der Waals surface area contributed by atoms with E-state index in [1.54, 1.807) is 16.2 Å². The molecule has 1 aromatic rings. The third kappa shape index (κ3) is 4.95. The first kappa shape index (κ1) is 16.7. The number of carbonyl (C=O) groups is 1. The van der Waals surface area contributed by atoms with Gasteiger partial charge in [0, 0.05) is 44.1 Å². The van der Waals surface area contributed by atoms with Crippen molar-refractivity contribution >= 4 is 28.8 Å². The molecule has 1 amide bonds. The van der Waals surface area contributed by atoms with Gasteiger partial charge in [-0.2, -0.15) is 0 Å². The predicted molar refractivity (Wildman–Crippen MR) is 89.0 cm³/mol. The second kappa shape index (κ2) is 7.58. The summed E-state index contributed by atoms with van der Waals surface area (Å²) in [6.07, 6.45) is 2.17. The summed E-state index contributed by atoms with van der Waals surface area (Å²) in [5.41, 5.74) is 0. The van der Waals surface area contributed by atoms with E-state index in [1.165, 1.54) is 4.88 Å². The molecule has 21 heavy (non-hydrogen) atoms. The van der Waals surface area contributed by atoms with Gasteiger partial charge in [0.1, 0.15) is 0 Å². The van der Waals surface area contributed by atoms with Gasteiger partial charge in [-0.25, -0.2) is 0 Å². The molecule has 1 aliphatic rings. The zero-order chi connectivity index (χ0) is 15.4. The smallest absolute Gasteiger partial charge is 0.236 e. The highest BCUT2D eigenvalue weighted by atomic mass is 35.5. The van der Waals surface area contributed by atoms with E-state index in [9.17, 15) is 4.79 Å². The molecule has 1 fully saturated rings. The third-order valence-electron chi connectivity index (χ3n) is 3.95. The van der Waals surface area contributed by atoms with Crippen LogP contribution in [0.4, 0.5) is 0 Å². The van der Waals surface area contributed by atoms with E-state index >= 15 is 0 Å². The zero-order valence-corrected chi connectivity index (χ0v) is 14.5. The number of carbonyl (C=O) groups excluding carboxylic acids is 1. The van der Waals surface area contributed by atoms with Gasteiger partial charge >= 0.3 is 0 Å². The van der Waals surface area contributed by atoms with Crippen molar-refractivity contribution in [2.45, 2.75) is 31.8 Å². The first-order chi connectivity index (χ1) is 9.95. The average Bonchev–Trinajstić information content (AvgIpc) is 2.87. The van der Waals surface area contributed by atoms with Crippen LogP contribution in [-0.4, -0.2) is 55.5 Å². The van der Waals surface area contributed by atoms with Crippen LogP contribution in [0.5, 0.6) is 0 Å². The van der Waals surface area contributed by atoms with Crippen LogP contribution in [-0.2, 0) is 4.79 Å². The van der Waals surface area contributed by atoms with Crippen LogP contribution < -0.4 is 5.32 Å². The minimum atomic E-state index is 0.183. The molecule has 0 radical (unpaired) electrons. The Morgan fingerprint density at radius 2 is 2.14 bits per heavy atom. The van der Waals surface area contributed by atoms with E-state index in [0.29, 0.717) is 18.6 Å². The molecule has 2 heterocycles. The lowest BCUT2D eigenvalue weighted by molar-refractivity contribution is -0.130. The second-order valence-corrected chi connectivity index (χ2v) is 7.62. The summed E-state index contributed by atoms with van der Waals surface area (Å²) in [5, 5.41) is 3.67. The largest absolute Gasteiger partial charge is 0.348 e. The Morgan fingerprint density at radius 1 is 1.48 bits per heavy atom. The summed E-state index contributed by atoms with van der Waals surface area (Å²) < 4.78 is 0.843. The van der Waals surface area contributed by atoms with Gasteiger partial charge in [-0.1, -0.05) is 11.6 Å². The Kier molecular flexibility index (Phi) is 6.05. The van der Waals surface area contributed by atoms with Gasteiger partial charge < -0.3 is 10.2 Å². The molecule has 0 bridgehead atoms. The molecule has 2 rings (SSSR count). The molecule has 0 spiro atoms. The van der Waals surface area contributed by atoms with E-state index in [0.717, 1.165) is 30.3 Å². The number of nitrogens with one attached hydrogen (secondary N) is 1. The SMILES string of the molecule is CC(NC1CCN(CC(=O)N(C)C)CC1)c1ccc(Cl)s1. The van der Waals surface area contributed by atoms with Crippen LogP contribution in [0.25, 0.3) is 0 Å². The highest BCUT2D eigenvalue weighted by molar-refractivity contribution is 7.16. The van der Waals surface area contributed by atoms with Crippen molar-refractivity contribution in [2.75, 3.05) is 33.7 Å². The number of piperidine rings is 1. The topological polar surface area (TPSA) is 35.6 Å². The number of likely N-dealkylation sites (N-methyl/N-ethyl adjacent to an activating group) is 1. The Morgan fingerprint density at radius 3 is 2.67 bits per heavy atom. The maximum Gasteiger partial charge on any atom is 0.236 e. The molecular formula is C15H24ClN3OS. The number of halogens is 1. The van der Waals surface area contributed by atoms with Gasteiger partial charge in [-0.3, -0.25) is 9.69 Å². The summed E-state index contributed by atoms with van der Waals surface area (Å²) in [5.74, 6) is 0.183. The Labute approximate surface area is 136 Å². The summed E-state index contributed by atoms with van der Waals surface area (Å²) >= 11 is 7.63. The van der Waals surface area contributed by atoms with Crippen LogP contribution in [0.1, 0.15) is 30.7 Å². The molecule has 4 nitrogen and oxygen atoms in total. The first-order valence-corrected chi connectivity index (χ1v) is 8.59. The van der Waals surface area contributed by atoms with Crippen molar-refractivity contribution in [3.8, 4) is 0 Å². The second-order valence-electron chi connectivity index (χ2n) is 5.87. The first-order valence-electron chi connectivity index (χ1n) is 7.39. The fraction of sp³-hybridized carbons (Fsp3) is 0.667. The molecule has 0 saturated carbocycles. The number of thiophene rings is 1. The molecule has 1 saturated heterocycles. The molecule has 0 aliphatic carbocycles. The predicted octanol–water partition coefficient (Wildman–Crippen LogP) is 2.60. The van der Waals surface area contributed by atoms with Crippen molar-refractivity contribution in [1.29, 1.82) is 0 Å². The Balaban J connectivity index is 1.75. The number of amides is 1. The zero-order valence-electron chi connectivity index (χ0n) is 12.9. The van der Waals surface area contributed by atoms with Crippen molar-refractivity contribution < 1.29 is 4.79 Å². The van der Waals surface area contributed by atoms with Crippen LogP contribution in [0.3, 0.4) is 0 Å². The monoisotopic (exact) mass is 329 g/mol. The molecule has 118 valence electrons. The molecule has 1 aromatic heterocycles. The molecule has 1 aliphatic heterocycles. The highest BCUT2D eigenvalue weighted by Crippen LogP contribution is 2.27. The normalized spacial score (nSPS) is 18.7. The molecule has 1 atom stereocenters. The van der Waals surface area contributed by atoms with Gasteiger partial charge in [-0.05, 0) is 31.9 Å². The van der Waals surface area contributed by atoms with Gasteiger partial charge in [0.15, 0.2) is 0 Å². The maximum absolute atomic E-state index is 11.7. The Hall–Kier alpha value is -0.620. The lowest BCUT2D eigenvalue weighted by Gasteiger charge is -2.33. The van der Waals surface area contributed by atoms with Crippen LogP contribution in [0.2, 0.25) is 4.34 Å². The summed E-state index contributed by atoms with van der Waals surface area (Å²) in [6.45, 7) is 4.68. The number of rotatable bonds is 5. The standard InChI is InChI=1S/C15H24ClN3OS/c1-11(13-4-5-14(16)21-13)17-12-6-8-19(9-7-12)10-15(20)18(2)3/h4-5,11-12,17H,6-10H2,1-3H3. The van der Waals surface area contributed by atoms with Crippen molar-refractivity contribution in [2.24, 2.45) is 0 Å². The highest BCUT2D eigenvalue weighted by Gasteiger charge is 2.22. The minimum Gasteiger partial charge on any atom is -0.348 e. The number of hydrogen-bond donors (Lipinski definition) is 1. The van der Waals surface area contributed by atoms with Crippen LogP contribution in [0, 0.1) is 0 Å². The van der Waals surface area contributed by atoms with Gasteiger partial charge in [-0.15, -0.1) is 11.3 Å². The van der Waals surface area contributed by atoms with Crippen molar-refractivity contribution in [3.63, 3.8) is 0 Å². The summed E-state index contributed by atoms with van der Waals surface area (Å²) in [6, 6.07) is 4.90. The Bertz CT molecular complexity index is 469. The number of hydrogen-bond acceptors (Lipinski definition) is 4. The van der Waals surface area contributed by atoms with Gasteiger partial charge in [0.2, 0.25) is 5.91 Å². The number of nitrogens with zero attached hydrogens (tertiary/aromatic N) is 2. The fourth-order valence-corrected chi connectivity index (χ4v) is 3.66. The maximum atomic E-state index is 11.7. The lowest BCUT2D eigenvalue weighted by Crippen LogP contribution is -2.46. The molecule has 0 aromatic carbocycles. The third-order valence-corrected chi connectivity index (χ3v) is 5.37. The molecule has 1 unspecified atom stereocenters. The van der Waals surface area contributed by atoms with Crippen molar-refractivity contribution in [1.82, 2.24) is 15.1 Å². The fourth-order valence-electron chi connectivity index (χ4n) is 2.59. The molecular weight excluding hydrogens is 306 g/mol. The van der Waals surface area contributed by atoms with Gasteiger partial charge in [0.05, 0.1) is 10.9 Å². The van der Waals surface area contributed by atoms with E-state index < -0.39 is 0 Å². The van der Waals surface area contributed by atoms with Gasteiger partial charge in [0.25, 0.3) is 0 Å². The number of likely N-dealkylation sites (tertiary alicyclic amines) is 1. The quantitative estimate of drug-likeness (QED) is 0.902. The summed E-state index contributed by atoms with van der Waals surface area (Å²) in [4.78, 5) is 16.9. The van der Waals surface area contributed by atoms with E-state index in [1.807, 2.05) is 20.2 Å². The van der Waals surface area contributed by atoms with Crippen LogP contribution in [0.15, 0.2) is 12.1 Å². The molecule has 6 heteroatoms. The molecule has 1 N–H and O–H groups in total. The lowest BCUT2D eigenvalue weighted by atomic mass is 10.0. The van der Waals surface area contributed by atoms with Crippen molar-refractivity contribution in [3.05, 3.63) is 21.3 Å². The summed E-state index contributed by atoms with van der Waals surface area (Å²) in [7, 11) is 3.62. The van der Waals surface area contributed by atoms with E-state index in [-0.39, 0.29) is 5.91 Å². The van der Waals surface area contributed by atoms with E-state index in [4.69, 9.17) is 11.6 Å². The van der Waals surface area contributed by atoms with Crippen LogP contribution >= 0.6 is 22.9 Å². The minimum absolute atomic E-state index is 0.183. The average molecular weight is 330 g/mol. The van der Waals surface area contributed by atoms with E-state index in [2.05, 4.69) is 23.2 Å².